The zero-order valence-electron chi connectivity index (χ0n) is 16.7. The van der Waals surface area contributed by atoms with Crippen LogP contribution in [-0.2, 0) is 14.3 Å². The highest BCUT2D eigenvalue weighted by Gasteiger charge is 2.69. The number of hydrogen-bond donors (Lipinski definition) is 2. The minimum absolute atomic E-state index is 0.0229. The molecular formula is C22H32O5. The lowest BCUT2D eigenvalue weighted by Gasteiger charge is -2.64. The maximum absolute atomic E-state index is 12.2. The van der Waals surface area contributed by atoms with Crippen molar-refractivity contribution in [2.75, 3.05) is 0 Å². The zero-order valence-corrected chi connectivity index (χ0v) is 16.7. The Morgan fingerprint density at radius 1 is 1.19 bits per heavy atom. The first-order chi connectivity index (χ1) is 12.6. The van der Waals surface area contributed by atoms with E-state index in [1.165, 1.54) is 6.92 Å². The van der Waals surface area contributed by atoms with Crippen LogP contribution in [0.15, 0.2) is 12.2 Å². The summed E-state index contributed by atoms with van der Waals surface area (Å²) in [6.07, 6.45) is 4.95. The third-order valence-electron chi connectivity index (χ3n) is 9.06. The van der Waals surface area contributed by atoms with Gasteiger partial charge in [0.1, 0.15) is 6.10 Å². The van der Waals surface area contributed by atoms with E-state index in [-0.39, 0.29) is 40.7 Å². The number of aliphatic carboxylic acids is 1. The van der Waals surface area contributed by atoms with Crippen LogP contribution in [0.3, 0.4) is 0 Å². The van der Waals surface area contributed by atoms with E-state index in [9.17, 15) is 19.8 Å². The molecule has 0 aromatic rings. The van der Waals surface area contributed by atoms with Crippen molar-refractivity contribution in [3.8, 4) is 0 Å². The summed E-state index contributed by atoms with van der Waals surface area (Å²) in [6.45, 7) is 9.75. The maximum atomic E-state index is 12.2. The van der Waals surface area contributed by atoms with Crippen LogP contribution in [0.5, 0.6) is 0 Å². The molecule has 0 heterocycles. The first-order valence-corrected chi connectivity index (χ1v) is 10.3. The summed E-state index contributed by atoms with van der Waals surface area (Å²) < 4.78 is 5.68. The van der Waals surface area contributed by atoms with Crippen molar-refractivity contribution in [2.45, 2.75) is 77.9 Å². The molecule has 0 aromatic carbocycles. The minimum Gasteiger partial charge on any atom is -0.481 e. The lowest BCUT2D eigenvalue weighted by atomic mass is 9.40. The molecule has 4 aliphatic carbocycles. The van der Waals surface area contributed by atoms with Crippen LogP contribution < -0.4 is 0 Å². The third-order valence-corrected chi connectivity index (χ3v) is 9.06. The van der Waals surface area contributed by atoms with Crippen LogP contribution in [0.2, 0.25) is 0 Å². The Kier molecular flexibility index (Phi) is 4.09. The number of carbonyl (C=O) groups excluding carboxylic acids is 1. The van der Waals surface area contributed by atoms with Gasteiger partial charge in [0.05, 0.1) is 11.5 Å². The summed E-state index contributed by atoms with van der Waals surface area (Å²) in [5.41, 5.74) is -0.315. The van der Waals surface area contributed by atoms with Crippen molar-refractivity contribution < 1.29 is 24.5 Å². The molecule has 4 saturated carbocycles. The van der Waals surface area contributed by atoms with Gasteiger partial charge in [-0.3, -0.25) is 9.59 Å². The molecule has 4 aliphatic rings. The zero-order chi connectivity index (χ0) is 19.8. The molecule has 1 spiro atoms. The molecule has 5 heteroatoms. The van der Waals surface area contributed by atoms with Crippen LogP contribution in [0.1, 0.15) is 65.7 Å². The Labute approximate surface area is 161 Å². The molecule has 5 nitrogen and oxygen atoms in total. The fourth-order valence-corrected chi connectivity index (χ4v) is 7.89. The van der Waals surface area contributed by atoms with Crippen molar-refractivity contribution in [1.82, 2.24) is 0 Å². The Balaban J connectivity index is 1.78. The van der Waals surface area contributed by atoms with Gasteiger partial charge in [0.15, 0.2) is 0 Å². The molecule has 4 rings (SSSR count). The number of carbonyl (C=O) groups is 2. The molecule has 2 N–H and O–H groups in total. The van der Waals surface area contributed by atoms with E-state index < -0.39 is 17.5 Å². The number of aliphatic hydroxyl groups excluding tert-OH is 1. The Morgan fingerprint density at radius 2 is 1.89 bits per heavy atom. The largest absolute Gasteiger partial charge is 0.481 e. The molecule has 0 amide bonds. The summed E-state index contributed by atoms with van der Waals surface area (Å²) in [5.74, 6) is -0.732. The van der Waals surface area contributed by atoms with Gasteiger partial charge in [0, 0.05) is 18.3 Å². The normalized spacial score (nSPS) is 51.3. The van der Waals surface area contributed by atoms with Crippen LogP contribution in [0.4, 0.5) is 0 Å². The van der Waals surface area contributed by atoms with Crippen molar-refractivity contribution in [1.29, 1.82) is 0 Å². The van der Waals surface area contributed by atoms with E-state index in [1.54, 1.807) is 0 Å². The Hall–Kier alpha value is -1.36. The van der Waals surface area contributed by atoms with E-state index >= 15 is 0 Å². The fraction of sp³-hybridized carbons (Fsp3) is 0.818. The van der Waals surface area contributed by atoms with Crippen LogP contribution in [-0.4, -0.2) is 34.4 Å². The molecular weight excluding hydrogens is 344 g/mol. The fourth-order valence-electron chi connectivity index (χ4n) is 7.89. The van der Waals surface area contributed by atoms with Crippen LogP contribution in [0, 0.1) is 34.0 Å². The number of carboxylic acid groups (broad SMARTS) is 1. The van der Waals surface area contributed by atoms with Gasteiger partial charge in [-0.15, -0.1) is 0 Å². The molecule has 27 heavy (non-hydrogen) atoms. The van der Waals surface area contributed by atoms with Gasteiger partial charge in [0.2, 0.25) is 0 Å². The van der Waals surface area contributed by atoms with E-state index in [0.717, 1.165) is 37.7 Å². The molecule has 4 fully saturated rings. The molecule has 8 atom stereocenters. The molecule has 0 saturated heterocycles. The summed E-state index contributed by atoms with van der Waals surface area (Å²) in [6, 6.07) is 0. The smallest absolute Gasteiger partial charge is 0.309 e. The maximum Gasteiger partial charge on any atom is 0.309 e. The minimum atomic E-state index is -0.719. The Morgan fingerprint density at radius 3 is 2.52 bits per heavy atom. The summed E-state index contributed by atoms with van der Waals surface area (Å²) in [4.78, 5) is 23.9. The molecule has 2 bridgehead atoms. The number of hydrogen-bond acceptors (Lipinski definition) is 4. The Bertz CT molecular complexity index is 701. The van der Waals surface area contributed by atoms with E-state index in [0.29, 0.717) is 12.8 Å². The highest BCUT2D eigenvalue weighted by Crippen LogP contribution is 2.72. The number of ether oxygens (including phenoxy) is 1. The van der Waals surface area contributed by atoms with E-state index in [1.807, 2.05) is 6.92 Å². The van der Waals surface area contributed by atoms with Gasteiger partial charge in [-0.1, -0.05) is 19.9 Å². The summed E-state index contributed by atoms with van der Waals surface area (Å²) in [7, 11) is 0. The van der Waals surface area contributed by atoms with Gasteiger partial charge in [-0.25, -0.2) is 0 Å². The molecule has 8 unspecified atom stereocenters. The highest BCUT2D eigenvalue weighted by molar-refractivity contribution is 5.75. The third kappa shape index (κ3) is 2.33. The van der Waals surface area contributed by atoms with Crippen LogP contribution in [0.25, 0.3) is 0 Å². The number of rotatable bonds is 2. The molecule has 150 valence electrons. The van der Waals surface area contributed by atoms with Gasteiger partial charge < -0.3 is 14.9 Å². The van der Waals surface area contributed by atoms with Gasteiger partial charge in [-0.05, 0) is 68.3 Å². The van der Waals surface area contributed by atoms with Gasteiger partial charge in [-0.2, -0.15) is 0 Å². The second-order valence-electron chi connectivity index (χ2n) is 10.1. The van der Waals surface area contributed by atoms with E-state index in [4.69, 9.17) is 4.74 Å². The second-order valence-corrected chi connectivity index (χ2v) is 10.1. The molecule has 0 aromatic heterocycles. The van der Waals surface area contributed by atoms with E-state index in [2.05, 4.69) is 13.5 Å². The quantitative estimate of drug-likeness (QED) is 0.569. The van der Waals surface area contributed by atoms with Crippen molar-refractivity contribution in [2.24, 2.45) is 34.0 Å². The molecule has 0 radical (unpaired) electrons. The molecule has 0 aliphatic heterocycles. The van der Waals surface area contributed by atoms with Crippen LogP contribution >= 0.6 is 0 Å². The lowest BCUT2D eigenvalue weighted by molar-refractivity contribution is -0.200. The topological polar surface area (TPSA) is 83.8 Å². The van der Waals surface area contributed by atoms with Crippen molar-refractivity contribution >= 4 is 11.9 Å². The first kappa shape index (κ1) is 19.0. The first-order valence-electron chi connectivity index (χ1n) is 10.3. The van der Waals surface area contributed by atoms with Crippen molar-refractivity contribution in [3.63, 3.8) is 0 Å². The van der Waals surface area contributed by atoms with Crippen molar-refractivity contribution in [3.05, 3.63) is 12.2 Å². The standard InChI is InChI=1S/C22H32O5/c1-12-14-11-22(18(12)24)9-6-16-20(3,7-5-8-21(16,4)19(25)26)17(22)10-15(14)27-13(2)23/h14-18,24H,1,5-11H2,2-4H3,(H,25,26). The number of aliphatic hydroxyl groups is 1. The van der Waals surface area contributed by atoms with Gasteiger partial charge >= 0.3 is 11.9 Å². The predicted octanol–water partition coefficient (Wildman–Crippen LogP) is 3.55. The highest BCUT2D eigenvalue weighted by atomic mass is 16.5. The predicted molar refractivity (Wildman–Crippen MR) is 99.8 cm³/mol. The number of esters is 1. The van der Waals surface area contributed by atoms with Gasteiger partial charge in [0.25, 0.3) is 0 Å². The summed E-state index contributed by atoms with van der Waals surface area (Å²) >= 11 is 0. The SMILES string of the molecule is C=C1C2CC3(CCC4C(C)(C(=O)O)CCCC4(C)C3CC2OC(C)=O)C1O. The summed E-state index contributed by atoms with van der Waals surface area (Å²) in [5, 5.41) is 21.2. The second kappa shape index (κ2) is 5.82. The average molecular weight is 376 g/mol. The number of fused-ring (bicyclic) bond motifs is 3. The average Bonchev–Trinajstić information content (AvgIpc) is 2.78. The lowest BCUT2D eigenvalue weighted by Crippen LogP contribution is -2.61. The monoisotopic (exact) mass is 376 g/mol. The number of carboxylic acids is 1.